The van der Waals surface area contributed by atoms with Crippen LogP contribution in [-0.4, -0.2) is 52.2 Å². The molecule has 1 saturated heterocycles. The third-order valence-electron chi connectivity index (χ3n) is 6.74. The molecule has 0 unspecified atom stereocenters. The summed E-state index contributed by atoms with van der Waals surface area (Å²) in [6.45, 7) is 5.11. The molecule has 0 radical (unpaired) electrons. The van der Waals surface area contributed by atoms with Crippen molar-refractivity contribution in [2.75, 3.05) is 38.2 Å². The number of halogens is 1. The van der Waals surface area contributed by atoms with Crippen LogP contribution in [0.15, 0.2) is 48.8 Å². The minimum Gasteiger partial charge on any atom is -0.493 e. The number of hydrogen-bond donors (Lipinski definition) is 1. The molecule has 0 aliphatic carbocycles. The summed E-state index contributed by atoms with van der Waals surface area (Å²) >= 11 is 0. The fraction of sp³-hybridized carbons (Fsp3) is 0.296. The molecule has 0 spiro atoms. The van der Waals surface area contributed by atoms with Gasteiger partial charge in [-0.05, 0) is 23.3 Å². The molecule has 1 fully saturated rings. The highest BCUT2D eigenvalue weighted by Crippen LogP contribution is 2.31. The highest BCUT2D eigenvalue weighted by molar-refractivity contribution is 5.78. The van der Waals surface area contributed by atoms with Gasteiger partial charge in [0.2, 0.25) is 5.95 Å². The largest absolute Gasteiger partial charge is 0.493 e. The zero-order valence-corrected chi connectivity index (χ0v) is 19.7. The van der Waals surface area contributed by atoms with Crippen molar-refractivity contribution < 1.29 is 13.9 Å². The first-order valence-corrected chi connectivity index (χ1v) is 12.0. The van der Waals surface area contributed by atoms with E-state index < -0.39 is 0 Å². The van der Waals surface area contributed by atoms with Gasteiger partial charge >= 0.3 is 0 Å². The summed E-state index contributed by atoms with van der Waals surface area (Å²) in [5.74, 6) is 0.941. The maximum atomic E-state index is 14.6. The van der Waals surface area contributed by atoms with Crippen molar-refractivity contribution in [1.29, 1.82) is 5.26 Å². The predicted octanol–water partition coefficient (Wildman–Crippen LogP) is 3.79. The van der Waals surface area contributed by atoms with Crippen LogP contribution < -0.4 is 10.1 Å². The van der Waals surface area contributed by atoms with Gasteiger partial charge in [-0.15, -0.1) is 0 Å². The molecule has 36 heavy (non-hydrogen) atoms. The topological polar surface area (TPSA) is 87.7 Å². The number of aromatic nitrogens is 3. The fourth-order valence-electron chi connectivity index (χ4n) is 4.85. The number of nitrogens with zero attached hydrogens (tertiary/aromatic N) is 5. The molecule has 2 aliphatic rings. The summed E-state index contributed by atoms with van der Waals surface area (Å²) in [5.41, 5.74) is 5.37. The lowest BCUT2D eigenvalue weighted by Gasteiger charge is -2.26. The molecule has 2 aromatic carbocycles. The van der Waals surface area contributed by atoms with Gasteiger partial charge in [-0.3, -0.25) is 9.30 Å². The van der Waals surface area contributed by atoms with Gasteiger partial charge in [-0.25, -0.2) is 14.4 Å². The van der Waals surface area contributed by atoms with Crippen molar-refractivity contribution in [3.63, 3.8) is 0 Å². The van der Waals surface area contributed by atoms with Crippen LogP contribution in [0.4, 0.5) is 10.3 Å². The molecule has 0 amide bonds. The number of hydrogen-bond acceptors (Lipinski definition) is 7. The highest BCUT2D eigenvalue weighted by Gasteiger charge is 2.20. The van der Waals surface area contributed by atoms with Crippen molar-refractivity contribution in [2.45, 2.75) is 19.5 Å². The van der Waals surface area contributed by atoms with Crippen LogP contribution in [0.2, 0.25) is 0 Å². The quantitative estimate of drug-likeness (QED) is 0.446. The first-order chi connectivity index (χ1) is 17.7. The normalized spacial score (nSPS) is 15.4. The van der Waals surface area contributed by atoms with E-state index in [2.05, 4.69) is 50.5 Å². The summed E-state index contributed by atoms with van der Waals surface area (Å²) in [7, 11) is 0. The maximum absolute atomic E-state index is 14.6. The van der Waals surface area contributed by atoms with Crippen LogP contribution >= 0.6 is 0 Å². The molecule has 2 aromatic heterocycles. The lowest BCUT2D eigenvalue weighted by atomic mass is 10.0. The third-order valence-corrected chi connectivity index (χ3v) is 6.74. The smallest absolute Gasteiger partial charge is 0.208 e. The second-order valence-electron chi connectivity index (χ2n) is 8.97. The van der Waals surface area contributed by atoms with Crippen molar-refractivity contribution in [2.24, 2.45) is 0 Å². The molecule has 182 valence electrons. The van der Waals surface area contributed by atoms with E-state index >= 15 is 0 Å². The Kier molecular flexibility index (Phi) is 5.97. The first-order valence-electron chi connectivity index (χ1n) is 12.0. The molecular formula is C27H25FN6O2. The summed E-state index contributed by atoms with van der Waals surface area (Å²) in [5, 5.41) is 12.7. The van der Waals surface area contributed by atoms with E-state index in [-0.39, 0.29) is 18.1 Å². The fourth-order valence-corrected chi connectivity index (χ4v) is 4.85. The number of anilines is 1. The average molecular weight is 485 g/mol. The molecule has 9 heteroatoms. The highest BCUT2D eigenvalue weighted by atomic mass is 19.1. The van der Waals surface area contributed by atoms with E-state index in [9.17, 15) is 9.65 Å². The molecule has 4 heterocycles. The first kappa shape index (κ1) is 22.5. The van der Waals surface area contributed by atoms with Crippen LogP contribution in [0.5, 0.6) is 5.75 Å². The van der Waals surface area contributed by atoms with E-state index in [1.807, 2.05) is 0 Å². The van der Waals surface area contributed by atoms with Crippen LogP contribution in [0.1, 0.15) is 22.4 Å². The summed E-state index contributed by atoms with van der Waals surface area (Å²) in [6, 6.07) is 13.6. The molecule has 0 saturated carbocycles. The number of imidazole rings is 1. The monoisotopic (exact) mass is 484 g/mol. The molecule has 2 aliphatic heterocycles. The van der Waals surface area contributed by atoms with E-state index in [0.717, 1.165) is 55.3 Å². The van der Waals surface area contributed by atoms with Gasteiger partial charge in [0.05, 0.1) is 26.0 Å². The number of morpholine rings is 1. The Labute approximate surface area is 207 Å². The zero-order valence-electron chi connectivity index (χ0n) is 19.7. The van der Waals surface area contributed by atoms with E-state index in [1.165, 1.54) is 11.6 Å². The lowest BCUT2D eigenvalue weighted by molar-refractivity contribution is 0.0342. The van der Waals surface area contributed by atoms with Crippen LogP contribution in [-0.2, 0) is 24.2 Å². The average Bonchev–Trinajstić information content (AvgIpc) is 3.57. The summed E-state index contributed by atoms with van der Waals surface area (Å²) in [4.78, 5) is 11.5. The number of ether oxygens (including phenoxy) is 2. The minimum absolute atomic E-state index is 0.246. The Morgan fingerprint density at radius 2 is 1.92 bits per heavy atom. The summed E-state index contributed by atoms with van der Waals surface area (Å²) in [6.07, 6.45) is 4.07. The van der Waals surface area contributed by atoms with Gasteiger partial charge in [0, 0.05) is 55.5 Å². The van der Waals surface area contributed by atoms with Crippen LogP contribution in [0.3, 0.4) is 0 Å². The Bertz CT molecular complexity index is 1450. The van der Waals surface area contributed by atoms with Gasteiger partial charge in [0.15, 0.2) is 11.3 Å². The number of nitriles is 1. The molecule has 0 atom stereocenters. The van der Waals surface area contributed by atoms with Gasteiger partial charge in [-0.2, -0.15) is 5.26 Å². The van der Waals surface area contributed by atoms with Crippen molar-refractivity contribution in [3.8, 4) is 22.9 Å². The number of benzene rings is 2. The van der Waals surface area contributed by atoms with Gasteiger partial charge < -0.3 is 14.8 Å². The second kappa shape index (κ2) is 9.57. The van der Waals surface area contributed by atoms with Crippen molar-refractivity contribution >= 4 is 11.6 Å². The molecular weight excluding hydrogens is 459 g/mol. The van der Waals surface area contributed by atoms with Crippen molar-refractivity contribution in [3.05, 3.63) is 77.0 Å². The molecule has 4 aromatic rings. The molecule has 1 N–H and O–H groups in total. The van der Waals surface area contributed by atoms with Crippen LogP contribution in [0.25, 0.3) is 16.8 Å². The lowest BCUT2D eigenvalue weighted by Crippen LogP contribution is -2.35. The Morgan fingerprint density at radius 1 is 1.08 bits per heavy atom. The molecule has 6 rings (SSSR count). The minimum atomic E-state index is -0.278. The van der Waals surface area contributed by atoms with Gasteiger partial charge in [-0.1, -0.05) is 24.3 Å². The Balaban J connectivity index is 1.28. The second-order valence-corrected chi connectivity index (χ2v) is 8.97. The standard InChI is InChI=1S/C27H25FN6O2/c28-24-5-6-25-21(7-10-36-25)23(24)15-31-27-30-14-22(26-32-20(13-29)17-34(26)27)19-3-1-18(2-4-19)16-33-8-11-35-12-9-33/h1-6,14,17H,7-12,15-16H2,(H,30,31). The zero-order chi connectivity index (χ0) is 24.5. The molecule has 8 nitrogen and oxygen atoms in total. The van der Waals surface area contributed by atoms with Crippen molar-refractivity contribution in [1.82, 2.24) is 19.3 Å². The SMILES string of the molecule is N#Cc1cn2c(NCc3c(F)ccc4c3CCO4)ncc(-c3ccc(CN4CCOCC4)cc3)c2n1. The third kappa shape index (κ3) is 4.26. The summed E-state index contributed by atoms with van der Waals surface area (Å²) < 4.78 is 27.4. The van der Waals surface area contributed by atoms with Gasteiger partial charge in [0.1, 0.15) is 17.6 Å². The van der Waals surface area contributed by atoms with E-state index in [0.29, 0.717) is 30.2 Å². The molecule has 0 bridgehead atoms. The Morgan fingerprint density at radius 3 is 2.72 bits per heavy atom. The Hall–Kier alpha value is -4.00. The van der Waals surface area contributed by atoms with E-state index in [4.69, 9.17) is 9.47 Å². The van der Waals surface area contributed by atoms with E-state index in [1.54, 1.807) is 22.9 Å². The van der Waals surface area contributed by atoms with Crippen LogP contribution in [0, 0.1) is 17.1 Å². The van der Waals surface area contributed by atoms with Gasteiger partial charge in [0.25, 0.3) is 0 Å². The number of rotatable bonds is 6. The number of fused-ring (bicyclic) bond motifs is 2. The maximum Gasteiger partial charge on any atom is 0.208 e. The predicted molar refractivity (Wildman–Crippen MR) is 132 cm³/mol. The number of nitrogens with one attached hydrogen (secondary N) is 1.